The van der Waals surface area contributed by atoms with Crippen LogP contribution in [0.2, 0.25) is 5.02 Å². The number of hydrogen-bond donors (Lipinski definition) is 0. The maximum absolute atomic E-state index is 13.0. The summed E-state index contributed by atoms with van der Waals surface area (Å²) < 4.78 is 31.5. The van der Waals surface area contributed by atoms with Gasteiger partial charge in [0.15, 0.2) is 22.1 Å². The van der Waals surface area contributed by atoms with E-state index in [1.54, 1.807) is 37.3 Å². The third kappa shape index (κ3) is 3.77. The van der Waals surface area contributed by atoms with Gasteiger partial charge in [0.05, 0.1) is 23.4 Å². The molecule has 2 aromatic carbocycles. The molecule has 4 rings (SSSR count). The van der Waals surface area contributed by atoms with Crippen LogP contribution in [0.3, 0.4) is 0 Å². The van der Waals surface area contributed by atoms with Gasteiger partial charge in [0, 0.05) is 23.5 Å². The first-order chi connectivity index (χ1) is 14.0. The minimum Gasteiger partial charge on any atom is -0.611 e. The summed E-state index contributed by atoms with van der Waals surface area (Å²) in [5.74, 6) is 0.932. The van der Waals surface area contributed by atoms with Crippen molar-refractivity contribution >= 4 is 39.6 Å². The second kappa shape index (κ2) is 8.18. The number of nitrogens with zero attached hydrogens (tertiary/aromatic N) is 1. The normalized spacial score (nSPS) is 14.1. The van der Waals surface area contributed by atoms with Crippen molar-refractivity contribution in [3.8, 4) is 11.5 Å². The van der Waals surface area contributed by atoms with Gasteiger partial charge in [-0.15, -0.1) is 0 Å². The zero-order valence-corrected chi connectivity index (χ0v) is 17.6. The van der Waals surface area contributed by atoms with E-state index in [4.69, 9.17) is 25.8 Å². The van der Waals surface area contributed by atoms with E-state index in [2.05, 4.69) is 0 Å². The van der Waals surface area contributed by atoms with Crippen molar-refractivity contribution in [2.45, 2.75) is 17.6 Å². The molecule has 1 aromatic heterocycles. The summed E-state index contributed by atoms with van der Waals surface area (Å²) in [5, 5.41) is 1.27. The molecule has 0 spiro atoms. The first-order valence-electron chi connectivity index (χ1n) is 9.21. The molecule has 0 amide bonds. The van der Waals surface area contributed by atoms with Gasteiger partial charge in [0.2, 0.25) is 0 Å². The summed E-state index contributed by atoms with van der Waals surface area (Å²) in [6, 6.07) is 10.5. The molecule has 0 saturated heterocycles. The Morgan fingerprint density at radius 1 is 1.21 bits per heavy atom. The summed E-state index contributed by atoms with van der Waals surface area (Å²) in [7, 11) is 1.84. The van der Waals surface area contributed by atoms with E-state index >= 15 is 0 Å². The first kappa shape index (κ1) is 19.9. The molecule has 1 aliphatic heterocycles. The zero-order chi connectivity index (χ0) is 20.5. The highest BCUT2D eigenvalue weighted by molar-refractivity contribution is 7.90. The van der Waals surface area contributed by atoms with E-state index < -0.39 is 17.1 Å². The van der Waals surface area contributed by atoms with Gasteiger partial charge in [-0.1, -0.05) is 11.6 Å². The second-order valence-electron chi connectivity index (χ2n) is 6.56. The van der Waals surface area contributed by atoms with Crippen molar-refractivity contribution in [2.75, 3.05) is 19.8 Å². The molecule has 0 saturated carbocycles. The van der Waals surface area contributed by atoms with Gasteiger partial charge in [0.25, 0.3) is 0 Å². The van der Waals surface area contributed by atoms with Crippen LogP contribution in [0.4, 0.5) is 0 Å². The molecule has 1 unspecified atom stereocenters. The quantitative estimate of drug-likeness (QED) is 0.447. The van der Waals surface area contributed by atoms with Crippen LogP contribution in [0, 0.1) is 0 Å². The van der Waals surface area contributed by atoms with Gasteiger partial charge in [0.1, 0.15) is 13.2 Å². The van der Waals surface area contributed by atoms with Gasteiger partial charge < -0.3 is 23.3 Å². The SMILES string of the molecule is CCOC(=O)c1c(C[S+]([O-])c2ccc(Cl)cc2)n(C)c2cc3c(cc12)OCCO3. The van der Waals surface area contributed by atoms with Crippen molar-refractivity contribution in [2.24, 2.45) is 7.05 Å². The third-order valence-corrected chi connectivity index (χ3v) is 6.39. The Hall–Kier alpha value is -2.35. The molecule has 0 aliphatic carbocycles. The molecule has 152 valence electrons. The second-order valence-corrected chi connectivity index (χ2v) is 8.45. The summed E-state index contributed by atoms with van der Waals surface area (Å²) >= 11 is 4.57. The van der Waals surface area contributed by atoms with Crippen LogP contribution in [-0.4, -0.2) is 34.9 Å². The Morgan fingerprint density at radius 2 is 1.86 bits per heavy atom. The molecule has 2 heterocycles. The van der Waals surface area contributed by atoms with Crippen molar-refractivity contribution in [1.29, 1.82) is 0 Å². The van der Waals surface area contributed by atoms with Crippen molar-refractivity contribution in [3.05, 3.63) is 52.7 Å². The first-order valence-corrected chi connectivity index (χ1v) is 10.9. The van der Waals surface area contributed by atoms with E-state index in [-0.39, 0.29) is 12.4 Å². The molecular formula is C21H20ClNO5S. The largest absolute Gasteiger partial charge is 0.611 e. The number of ether oxygens (including phenoxy) is 3. The number of carbonyl (C=O) groups is 1. The number of esters is 1. The molecular weight excluding hydrogens is 414 g/mol. The van der Waals surface area contributed by atoms with E-state index in [0.717, 1.165) is 5.52 Å². The molecule has 0 N–H and O–H groups in total. The van der Waals surface area contributed by atoms with E-state index in [0.29, 0.717) is 51.3 Å². The Balaban J connectivity index is 1.82. The van der Waals surface area contributed by atoms with Crippen molar-refractivity contribution in [1.82, 2.24) is 4.57 Å². The molecule has 3 aromatic rings. The lowest BCUT2D eigenvalue weighted by molar-refractivity contribution is 0.0527. The highest BCUT2D eigenvalue weighted by atomic mass is 35.5. The molecule has 0 fully saturated rings. The number of aryl methyl sites for hydroxylation is 1. The average molecular weight is 434 g/mol. The fraction of sp³-hybridized carbons (Fsp3) is 0.286. The van der Waals surface area contributed by atoms with Crippen LogP contribution in [-0.2, 0) is 28.7 Å². The van der Waals surface area contributed by atoms with E-state index in [1.807, 2.05) is 17.7 Å². The zero-order valence-electron chi connectivity index (χ0n) is 16.1. The molecule has 6 nitrogen and oxygen atoms in total. The highest BCUT2D eigenvalue weighted by Gasteiger charge is 2.28. The average Bonchev–Trinajstić information content (AvgIpc) is 2.98. The lowest BCUT2D eigenvalue weighted by Crippen LogP contribution is -2.15. The van der Waals surface area contributed by atoms with Crippen LogP contribution in [0.5, 0.6) is 11.5 Å². The lowest BCUT2D eigenvalue weighted by Gasteiger charge is -2.18. The predicted octanol–water partition coefficient (Wildman–Crippen LogP) is 4.09. The van der Waals surface area contributed by atoms with Crippen LogP contribution >= 0.6 is 11.6 Å². The van der Waals surface area contributed by atoms with E-state index in [9.17, 15) is 9.35 Å². The van der Waals surface area contributed by atoms with Gasteiger partial charge in [-0.2, -0.15) is 0 Å². The Labute approximate surface area is 176 Å². The van der Waals surface area contributed by atoms with Gasteiger partial charge in [-0.25, -0.2) is 4.79 Å². The van der Waals surface area contributed by atoms with Crippen LogP contribution in [0.1, 0.15) is 23.0 Å². The van der Waals surface area contributed by atoms with Gasteiger partial charge >= 0.3 is 5.97 Å². The standard InChI is InChI=1S/C21H20ClNO5S/c1-3-26-21(24)20-15-10-18-19(28-9-8-27-18)11-16(15)23(2)17(20)12-29(25)14-6-4-13(22)5-7-14/h4-7,10-11H,3,8-9,12H2,1-2H3. The number of fused-ring (bicyclic) bond motifs is 2. The summed E-state index contributed by atoms with van der Waals surface area (Å²) in [6.45, 7) is 2.93. The molecule has 1 atom stereocenters. The molecule has 0 radical (unpaired) electrons. The van der Waals surface area contributed by atoms with Crippen LogP contribution in [0.15, 0.2) is 41.3 Å². The topological polar surface area (TPSA) is 72.8 Å². The van der Waals surface area contributed by atoms with E-state index in [1.165, 1.54) is 0 Å². The minimum absolute atomic E-state index is 0.160. The third-order valence-electron chi connectivity index (χ3n) is 4.81. The fourth-order valence-electron chi connectivity index (χ4n) is 3.42. The lowest BCUT2D eigenvalue weighted by atomic mass is 10.1. The summed E-state index contributed by atoms with van der Waals surface area (Å²) in [4.78, 5) is 13.4. The monoisotopic (exact) mass is 433 g/mol. The number of carbonyl (C=O) groups excluding carboxylic acids is 1. The molecule has 1 aliphatic rings. The van der Waals surface area contributed by atoms with Crippen molar-refractivity contribution in [3.63, 3.8) is 0 Å². The smallest absolute Gasteiger partial charge is 0.340 e. The molecule has 29 heavy (non-hydrogen) atoms. The van der Waals surface area contributed by atoms with Crippen molar-refractivity contribution < 1.29 is 23.6 Å². The fourth-order valence-corrected chi connectivity index (χ4v) is 4.74. The number of rotatable bonds is 5. The summed E-state index contributed by atoms with van der Waals surface area (Å²) in [6.07, 6.45) is 0. The number of hydrogen-bond acceptors (Lipinski definition) is 5. The number of benzene rings is 2. The number of halogens is 1. The van der Waals surface area contributed by atoms with Crippen LogP contribution in [0.25, 0.3) is 10.9 Å². The maximum Gasteiger partial charge on any atom is 0.340 e. The highest BCUT2D eigenvalue weighted by Crippen LogP contribution is 2.38. The Kier molecular flexibility index (Phi) is 5.63. The molecule has 0 bridgehead atoms. The molecule has 8 heteroatoms. The Morgan fingerprint density at radius 3 is 2.52 bits per heavy atom. The summed E-state index contributed by atoms with van der Waals surface area (Å²) in [5.41, 5.74) is 1.83. The predicted molar refractivity (Wildman–Crippen MR) is 111 cm³/mol. The van der Waals surface area contributed by atoms with Crippen LogP contribution < -0.4 is 9.47 Å². The van der Waals surface area contributed by atoms with Gasteiger partial charge in [-0.3, -0.25) is 0 Å². The number of aromatic nitrogens is 1. The van der Waals surface area contributed by atoms with Gasteiger partial charge in [-0.05, 0) is 48.4 Å². The Bertz CT molecular complexity index is 1060. The maximum atomic E-state index is 13.0. The minimum atomic E-state index is -1.36.